The summed E-state index contributed by atoms with van der Waals surface area (Å²) in [6.07, 6.45) is 3.00. The number of para-hydroxylation sites is 1. The molecular weight excluding hydrogens is 302 g/mol. The van der Waals surface area contributed by atoms with Gasteiger partial charge in [-0.05, 0) is 17.5 Å². The van der Waals surface area contributed by atoms with Gasteiger partial charge in [0, 0.05) is 35.5 Å². The summed E-state index contributed by atoms with van der Waals surface area (Å²) in [5.74, 6) is 0.518. The van der Waals surface area contributed by atoms with Crippen molar-refractivity contribution >= 4 is 16.7 Å². The van der Waals surface area contributed by atoms with Crippen LogP contribution in [0.2, 0.25) is 0 Å². The summed E-state index contributed by atoms with van der Waals surface area (Å²) < 4.78 is 5.66. The zero-order valence-electron chi connectivity index (χ0n) is 13.3. The third-order valence-electron chi connectivity index (χ3n) is 4.80. The fraction of sp³-hybridized carbons (Fsp3) is 0.263. The van der Waals surface area contributed by atoms with E-state index in [0.29, 0.717) is 29.7 Å². The summed E-state index contributed by atoms with van der Waals surface area (Å²) in [6.45, 7) is 2.02. The van der Waals surface area contributed by atoms with Crippen LogP contribution in [0.3, 0.4) is 0 Å². The molecule has 1 aliphatic heterocycles. The number of allylic oxidation sites excluding steroid dienone is 3. The second kappa shape index (κ2) is 5.27. The van der Waals surface area contributed by atoms with Gasteiger partial charge in [-0.3, -0.25) is 4.79 Å². The number of nitrogens with zero attached hydrogens (tertiary/aromatic N) is 1. The van der Waals surface area contributed by atoms with E-state index in [2.05, 4.69) is 11.1 Å². The first-order valence-electron chi connectivity index (χ1n) is 8.00. The van der Waals surface area contributed by atoms with Crippen LogP contribution in [0.4, 0.5) is 0 Å². The van der Waals surface area contributed by atoms with E-state index < -0.39 is 5.92 Å². The van der Waals surface area contributed by atoms with Gasteiger partial charge in [0.2, 0.25) is 5.88 Å². The van der Waals surface area contributed by atoms with Gasteiger partial charge in [0.15, 0.2) is 5.78 Å². The molecule has 0 spiro atoms. The van der Waals surface area contributed by atoms with Crippen LogP contribution >= 0.6 is 0 Å². The fourth-order valence-electron chi connectivity index (χ4n) is 3.74. The number of nitrogens with two attached hydrogens (primary N) is 1. The summed E-state index contributed by atoms with van der Waals surface area (Å²) in [6, 6.07) is 9.99. The molecule has 5 heteroatoms. The Morgan fingerprint density at radius 2 is 2.12 bits per heavy atom. The second-order valence-electron chi connectivity index (χ2n) is 6.49. The molecule has 24 heavy (non-hydrogen) atoms. The van der Waals surface area contributed by atoms with Gasteiger partial charge in [0.05, 0.1) is 5.92 Å². The molecule has 0 saturated carbocycles. The standard InChI is InChI=1S/C19H17N3O2/c1-10-6-15(23)18-16(7-10)24-19(21)12(8-20)17(18)13-9-22-14-5-3-2-4-11(13)14/h2-5,9-10,17,22H,6-7,21H2,1H3/t10-,17+/m1/s1. The molecule has 1 aliphatic carbocycles. The zero-order chi connectivity index (χ0) is 16.8. The number of ether oxygens (including phenoxy) is 1. The molecule has 2 atom stereocenters. The number of aromatic amines is 1. The number of Topliss-reactive ketones (excluding diaryl/α,β-unsaturated/α-hetero) is 1. The molecular formula is C19H17N3O2. The van der Waals surface area contributed by atoms with Crippen molar-refractivity contribution in [3.05, 3.63) is 58.8 Å². The Morgan fingerprint density at radius 3 is 2.92 bits per heavy atom. The lowest BCUT2D eigenvalue weighted by atomic mass is 9.75. The SMILES string of the molecule is C[C@@H]1CC(=O)C2=C(C1)OC(N)=C(C#N)[C@H]2c1c[nH]c2ccccc12. The normalized spacial score (nSPS) is 23.9. The van der Waals surface area contributed by atoms with Crippen molar-refractivity contribution in [2.45, 2.75) is 25.7 Å². The minimum atomic E-state index is -0.463. The Kier molecular flexibility index (Phi) is 3.20. The number of ketones is 1. The first-order valence-corrected chi connectivity index (χ1v) is 8.00. The number of nitriles is 1. The first kappa shape index (κ1) is 14.6. The lowest BCUT2D eigenvalue weighted by Crippen LogP contribution is -2.29. The van der Waals surface area contributed by atoms with Crippen molar-refractivity contribution in [3.8, 4) is 6.07 Å². The lowest BCUT2D eigenvalue weighted by Gasteiger charge is -2.32. The van der Waals surface area contributed by atoms with Gasteiger partial charge in [-0.2, -0.15) is 5.26 Å². The highest BCUT2D eigenvalue weighted by molar-refractivity contribution is 6.01. The number of aromatic nitrogens is 1. The number of rotatable bonds is 1. The smallest absolute Gasteiger partial charge is 0.205 e. The molecule has 120 valence electrons. The minimum Gasteiger partial charge on any atom is -0.444 e. The minimum absolute atomic E-state index is 0.0410. The molecule has 0 radical (unpaired) electrons. The van der Waals surface area contributed by atoms with Crippen molar-refractivity contribution in [1.29, 1.82) is 5.26 Å². The molecule has 4 rings (SSSR count). The number of fused-ring (bicyclic) bond motifs is 1. The first-order chi connectivity index (χ1) is 11.6. The Labute approximate surface area is 139 Å². The van der Waals surface area contributed by atoms with Crippen LogP contribution in [-0.4, -0.2) is 10.8 Å². The van der Waals surface area contributed by atoms with Crippen LogP contribution < -0.4 is 5.73 Å². The quantitative estimate of drug-likeness (QED) is 0.844. The summed E-state index contributed by atoms with van der Waals surface area (Å²) in [5, 5.41) is 10.6. The van der Waals surface area contributed by atoms with Crippen molar-refractivity contribution in [2.75, 3.05) is 0 Å². The predicted molar refractivity (Wildman–Crippen MR) is 89.4 cm³/mol. The maximum Gasteiger partial charge on any atom is 0.205 e. The third kappa shape index (κ3) is 2.04. The maximum atomic E-state index is 12.7. The molecule has 5 nitrogen and oxygen atoms in total. The van der Waals surface area contributed by atoms with E-state index in [1.165, 1.54) is 0 Å². The number of carbonyl (C=O) groups excluding carboxylic acids is 1. The number of benzene rings is 1. The number of carbonyl (C=O) groups is 1. The van der Waals surface area contributed by atoms with E-state index in [1.54, 1.807) is 0 Å². The van der Waals surface area contributed by atoms with Gasteiger partial charge in [-0.1, -0.05) is 25.1 Å². The van der Waals surface area contributed by atoms with Crippen molar-refractivity contribution < 1.29 is 9.53 Å². The summed E-state index contributed by atoms with van der Waals surface area (Å²) in [4.78, 5) is 15.9. The Bertz CT molecular complexity index is 958. The van der Waals surface area contributed by atoms with Gasteiger partial charge < -0.3 is 15.5 Å². The number of H-pyrrole nitrogens is 1. The molecule has 2 aromatic rings. The van der Waals surface area contributed by atoms with Crippen LogP contribution in [0.5, 0.6) is 0 Å². The molecule has 1 aromatic heterocycles. The van der Waals surface area contributed by atoms with Crippen molar-refractivity contribution in [1.82, 2.24) is 4.98 Å². The summed E-state index contributed by atoms with van der Waals surface area (Å²) >= 11 is 0. The summed E-state index contributed by atoms with van der Waals surface area (Å²) in [5.41, 5.74) is 8.76. The monoisotopic (exact) mass is 319 g/mol. The third-order valence-corrected chi connectivity index (χ3v) is 4.80. The van der Waals surface area contributed by atoms with Crippen LogP contribution in [0.15, 0.2) is 53.3 Å². The van der Waals surface area contributed by atoms with Crippen LogP contribution in [0, 0.1) is 17.2 Å². The fourth-order valence-corrected chi connectivity index (χ4v) is 3.74. The van der Waals surface area contributed by atoms with Crippen molar-refractivity contribution in [2.24, 2.45) is 11.7 Å². The van der Waals surface area contributed by atoms with E-state index in [0.717, 1.165) is 16.5 Å². The van der Waals surface area contributed by atoms with Gasteiger partial charge >= 0.3 is 0 Å². The van der Waals surface area contributed by atoms with Gasteiger partial charge in [-0.15, -0.1) is 0 Å². The predicted octanol–water partition coefficient (Wildman–Crippen LogP) is 3.23. The Morgan fingerprint density at radius 1 is 1.33 bits per heavy atom. The second-order valence-corrected chi connectivity index (χ2v) is 6.49. The topological polar surface area (TPSA) is 91.9 Å². The van der Waals surface area contributed by atoms with Crippen LogP contribution in [0.25, 0.3) is 10.9 Å². The number of nitrogens with one attached hydrogen (secondary N) is 1. The maximum absolute atomic E-state index is 12.7. The van der Waals surface area contributed by atoms with Crippen LogP contribution in [0.1, 0.15) is 31.2 Å². The summed E-state index contributed by atoms with van der Waals surface area (Å²) in [7, 11) is 0. The van der Waals surface area contributed by atoms with Gasteiger partial charge in [0.1, 0.15) is 17.4 Å². The Hall–Kier alpha value is -3.00. The Balaban J connectivity index is 1.96. The molecule has 0 saturated heterocycles. The van der Waals surface area contributed by atoms with E-state index in [4.69, 9.17) is 10.5 Å². The average molecular weight is 319 g/mol. The van der Waals surface area contributed by atoms with E-state index in [-0.39, 0.29) is 17.6 Å². The zero-order valence-corrected chi connectivity index (χ0v) is 13.3. The molecule has 0 amide bonds. The average Bonchev–Trinajstić information content (AvgIpc) is 2.97. The van der Waals surface area contributed by atoms with E-state index in [1.807, 2.05) is 37.4 Å². The highest BCUT2D eigenvalue weighted by Gasteiger charge is 2.40. The molecule has 0 unspecified atom stereocenters. The van der Waals surface area contributed by atoms with Crippen LogP contribution in [-0.2, 0) is 9.53 Å². The van der Waals surface area contributed by atoms with E-state index >= 15 is 0 Å². The largest absolute Gasteiger partial charge is 0.444 e. The molecule has 0 fully saturated rings. The van der Waals surface area contributed by atoms with Crippen molar-refractivity contribution in [3.63, 3.8) is 0 Å². The highest BCUT2D eigenvalue weighted by Crippen LogP contribution is 2.46. The lowest BCUT2D eigenvalue weighted by molar-refractivity contribution is -0.117. The number of hydrogen-bond donors (Lipinski definition) is 2. The molecule has 2 heterocycles. The molecule has 0 bridgehead atoms. The number of hydrogen-bond acceptors (Lipinski definition) is 4. The molecule has 3 N–H and O–H groups in total. The highest BCUT2D eigenvalue weighted by atomic mass is 16.5. The van der Waals surface area contributed by atoms with E-state index in [9.17, 15) is 10.1 Å². The van der Waals surface area contributed by atoms with Gasteiger partial charge in [0.25, 0.3) is 0 Å². The molecule has 2 aliphatic rings. The molecule has 1 aromatic carbocycles. The van der Waals surface area contributed by atoms with Gasteiger partial charge in [-0.25, -0.2) is 0 Å².